The second-order valence-corrected chi connectivity index (χ2v) is 4.90. The molecule has 2 atom stereocenters. The standard InChI is InChI=1S/C13H21N3/c1-10-5-6-13(15-8-10)16-7-3-4-12(9-16)11(2)14/h5-6,8,11-12H,3-4,7,9,14H2,1-2H3. The van der Waals surface area contributed by atoms with Gasteiger partial charge in [0.25, 0.3) is 0 Å². The number of pyridine rings is 1. The number of nitrogens with zero attached hydrogens (tertiary/aromatic N) is 2. The second-order valence-electron chi connectivity index (χ2n) is 4.90. The van der Waals surface area contributed by atoms with Crippen LogP contribution in [0, 0.1) is 12.8 Å². The number of rotatable bonds is 2. The molecule has 0 aliphatic carbocycles. The minimum atomic E-state index is 0.285. The van der Waals surface area contributed by atoms with E-state index in [-0.39, 0.29) is 6.04 Å². The Hall–Kier alpha value is -1.09. The van der Waals surface area contributed by atoms with Gasteiger partial charge in [-0.2, -0.15) is 0 Å². The molecule has 2 rings (SSSR count). The number of piperidine rings is 1. The van der Waals surface area contributed by atoms with E-state index in [0.717, 1.165) is 18.9 Å². The SMILES string of the molecule is Cc1ccc(N2CCCC(C(C)N)C2)nc1. The van der Waals surface area contributed by atoms with Crippen LogP contribution in [0.5, 0.6) is 0 Å². The zero-order valence-corrected chi connectivity index (χ0v) is 10.2. The average molecular weight is 219 g/mol. The average Bonchev–Trinajstić information content (AvgIpc) is 2.30. The maximum absolute atomic E-state index is 5.98. The molecule has 88 valence electrons. The number of aryl methyl sites for hydroxylation is 1. The van der Waals surface area contributed by atoms with Crippen molar-refractivity contribution in [2.45, 2.75) is 32.7 Å². The van der Waals surface area contributed by atoms with E-state index >= 15 is 0 Å². The molecule has 0 aromatic carbocycles. The summed E-state index contributed by atoms with van der Waals surface area (Å²) < 4.78 is 0. The maximum Gasteiger partial charge on any atom is 0.128 e. The molecule has 2 unspecified atom stereocenters. The summed E-state index contributed by atoms with van der Waals surface area (Å²) in [5.74, 6) is 1.70. The van der Waals surface area contributed by atoms with Crippen LogP contribution in [0.4, 0.5) is 5.82 Å². The second kappa shape index (κ2) is 4.83. The summed E-state index contributed by atoms with van der Waals surface area (Å²) in [6.45, 7) is 6.33. The molecule has 1 aliphatic rings. The topological polar surface area (TPSA) is 42.1 Å². The molecule has 16 heavy (non-hydrogen) atoms. The van der Waals surface area contributed by atoms with Gasteiger partial charge in [0.2, 0.25) is 0 Å². The lowest BCUT2D eigenvalue weighted by Crippen LogP contribution is -2.42. The Morgan fingerprint density at radius 1 is 1.50 bits per heavy atom. The van der Waals surface area contributed by atoms with Gasteiger partial charge in [-0.1, -0.05) is 6.07 Å². The molecule has 1 saturated heterocycles. The third-order valence-corrected chi connectivity index (χ3v) is 3.42. The molecule has 0 bridgehead atoms. The van der Waals surface area contributed by atoms with Crippen molar-refractivity contribution >= 4 is 5.82 Å². The first-order valence-corrected chi connectivity index (χ1v) is 6.10. The van der Waals surface area contributed by atoms with Crippen molar-refractivity contribution in [1.29, 1.82) is 0 Å². The van der Waals surface area contributed by atoms with E-state index in [1.165, 1.54) is 18.4 Å². The quantitative estimate of drug-likeness (QED) is 0.826. The molecule has 0 amide bonds. The first-order chi connectivity index (χ1) is 7.66. The van der Waals surface area contributed by atoms with Crippen molar-refractivity contribution in [1.82, 2.24) is 4.98 Å². The van der Waals surface area contributed by atoms with Gasteiger partial charge in [0.1, 0.15) is 5.82 Å². The van der Waals surface area contributed by atoms with E-state index < -0.39 is 0 Å². The molecule has 1 aliphatic heterocycles. The highest BCUT2D eigenvalue weighted by atomic mass is 15.2. The Morgan fingerprint density at radius 3 is 2.94 bits per heavy atom. The highest BCUT2D eigenvalue weighted by Gasteiger charge is 2.23. The van der Waals surface area contributed by atoms with Crippen molar-refractivity contribution in [2.75, 3.05) is 18.0 Å². The van der Waals surface area contributed by atoms with E-state index in [2.05, 4.69) is 35.9 Å². The zero-order chi connectivity index (χ0) is 11.5. The summed E-state index contributed by atoms with van der Waals surface area (Å²) in [5.41, 5.74) is 7.20. The van der Waals surface area contributed by atoms with Crippen LogP contribution in [0.25, 0.3) is 0 Å². The van der Waals surface area contributed by atoms with Gasteiger partial charge in [-0.3, -0.25) is 0 Å². The third-order valence-electron chi connectivity index (χ3n) is 3.42. The fourth-order valence-corrected chi connectivity index (χ4v) is 2.29. The van der Waals surface area contributed by atoms with Crippen LogP contribution < -0.4 is 10.6 Å². The van der Waals surface area contributed by atoms with Crippen LogP contribution in [0.1, 0.15) is 25.3 Å². The van der Waals surface area contributed by atoms with Gasteiger partial charge < -0.3 is 10.6 Å². The molecule has 3 heteroatoms. The van der Waals surface area contributed by atoms with Gasteiger partial charge in [0.15, 0.2) is 0 Å². The normalized spacial score (nSPS) is 23.2. The van der Waals surface area contributed by atoms with Gasteiger partial charge in [-0.15, -0.1) is 0 Å². The Bertz CT molecular complexity index is 332. The van der Waals surface area contributed by atoms with Crippen LogP contribution in [0.2, 0.25) is 0 Å². The summed E-state index contributed by atoms with van der Waals surface area (Å²) in [7, 11) is 0. The smallest absolute Gasteiger partial charge is 0.128 e. The Morgan fingerprint density at radius 2 is 2.31 bits per heavy atom. The molecular formula is C13H21N3. The minimum absolute atomic E-state index is 0.285. The van der Waals surface area contributed by atoms with Crippen molar-refractivity contribution in [3.05, 3.63) is 23.9 Å². The van der Waals surface area contributed by atoms with E-state index in [0.29, 0.717) is 5.92 Å². The number of aromatic nitrogens is 1. The maximum atomic E-state index is 5.98. The van der Waals surface area contributed by atoms with Crippen molar-refractivity contribution < 1.29 is 0 Å². The molecule has 0 saturated carbocycles. The highest BCUT2D eigenvalue weighted by Crippen LogP contribution is 2.23. The summed E-state index contributed by atoms with van der Waals surface area (Å²) in [4.78, 5) is 6.84. The van der Waals surface area contributed by atoms with Crippen LogP contribution in [-0.2, 0) is 0 Å². The molecule has 2 N–H and O–H groups in total. The fourth-order valence-electron chi connectivity index (χ4n) is 2.29. The predicted octanol–water partition coefficient (Wildman–Crippen LogP) is 1.95. The van der Waals surface area contributed by atoms with Gasteiger partial charge >= 0.3 is 0 Å². The number of hydrogen-bond acceptors (Lipinski definition) is 3. The van der Waals surface area contributed by atoms with E-state index in [1.54, 1.807) is 0 Å². The zero-order valence-electron chi connectivity index (χ0n) is 10.2. The largest absolute Gasteiger partial charge is 0.356 e. The van der Waals surface area contributed by atoms with Gasteiger partial charge in [0, 0.05) is 25.3 Å². The molecule has 1 aromatic rings. The van der Waals surface area contributed by atoms with Gasteiger partial charge in [0.05, 0.1) is 0 Å². The Kier molecular flexibility index (Phi) is 3.44. The highest BCUT2D eigenvalue weighted by molar-refractivity contribution is 5.39. The lowest BCUT2D eigenvalue weighted by atomic mass is 9.92. The van der Waals surface area contributed by atoms with E-state index in [9.17, 15) is 0 Å². The van der Waals surface area contributed by atoms with Gasteiger partial charge in [-0.25, -0.2) is 4.98 Å². The molecule has 3 nitrogen and oxygen atoms in total. The summed E-state index contributed by atoms with van der Waals surface area (Å²) >= 11 is 0. The van der Waals surface area contributed by atoms with Crippen molar-refractivity contribution in [3.63, 3.8) is 0 Å². The minimum Gasteiger partial charge on any atom is -0.356 e. The van der Waals surface area contributed by atoms with E-state index in [4.69, 9.17) is 5.73 Å². The molecule has 1 fully saturated rings. The Labute approximate surface area is 97.7 Å². The summed E-state index contributed by atoms with van der Waals surface area (Å²) in [5, 5.41) is 0. The van der Waals surface area contributed by atoms with E-state index in [1.807, 2.05) is 6.20 Å². The van der Waals surface area contributed by atoms with Crippen LogP contribution in [0.3, 0.4) is 0 Å². The Balaban J connectivity index is 2.06. The molecular weight excluding hydrogens is 198 g/mol. The van der Waals surface area contributed by atoms with Crippen molar-refractivity contribution in [3.8, 4) is 0 Å². The monoisotopic (exact) mass is 219 g/mol. The molecule has 0 spiro atoms. The molecule has 0 radical (unpaired) electrons. The first-order valence-electron chi connectivity index (χ1n) is 6.10. The molecule has 2 heterocycles. The fraction of sp³-hybridized carbons (Fsp3) is 0.615. The number of nitrogens with two attached hydrogens (primary N) is 1. The molecule has 1 aromatic heterocycles. The third kappa shape index (κ3) is 2.53. The van der Waals surface area contributed by atoms with Gasteiger partial charge in [-0.05, 0) is 44.2 Å². The summed E-state index contributed by atoms with van der Waals surface area (Å²) in [6, 6.07) is 4.52. The van der Waals surface area contributed by atoms with Crippen molar-refractivity contribution in [2.24, 2.45) is 11.7 Å². The van der Waals surface area contributed by atoms with Crippen LogP contribution in [0.15, 0.2) is 18.3 Å². The lowest BCUT2D eigenvalue weighted by molar-refractivity contribution is 0.363. The number of hydrogen-bond donors (Lipinski definition) is 1. The number of anilines is 1. The van der Waals surface area contributed by atoms with Crippen LogP contribution in [-0.4, -0.2) is 24.1 Å². The predicted molar refractivity (Wildman–Crippen MR) is 67.6 cm³/mol. The first kappa shape index (κ1) is 11.4. The summed E-state index contributed by atoms with van der Waals surface area (Å²) in [6.07, 6.45) is 4.41. The lowest BCUT2D eigenvalue weighted by Gasteiger charge is -2.35. The van der Waals surface area contributed by atoms with Crippen LogP contribution >= 0.6 is 0 Å².